The van der Waals surface area contributed by atoms with Crippen molar-refractivity contribution in [2.75, 3.05) is 4.90 Å². The summed E-state index contributed by atoms with van der Waals surface area (Å²) in [5.74, 6) is 0. The first-order valence-electron chi connectivity index (χ1n) is 15.5. The van der Waals surface area contributed by atoms with Crippen LogP contribution in [0.5, 0.6) is 0 Å². The Morgan fingerprint density at radius 2 is 1.09 bits per heavy atom. The van der Waals surface area contributed by atoms with Crippen LogP contribution in [-0.4, -0.2) is 0 Å². The molecule has 0 aliphatic heterocycles. The largest absolute Gasteiger partial charge is 0.310 e. The normalized spacial score (nSPS) is 13.0. The van der Waals surface area contributed by atoms with E-state index in [1.54, 1.807) is 0 Å². The third-order valence-corrected chi connectivity index (χ3v) is 9.50. The van der Waals surface area contributed by atoms with Gasteiger partial charge in [0.15, 0.2) is 0 Å². The summed E-state index contributed by atoms with van der Waals surface area (Å²) in [4.78, 5) is 2.28. The Kier molecular flexibility index (Phi) is 6.59. The molecular formula is C43H32ClN. The van der Waals surface area contributed by atoms with Crippen molar-refractivity contribution in [2.24, 2.45) is 0 Å². The van der Waals surface area contributed by atoms with Gasteiger partial charge in [0.1, 0.15) is 0 Å². The predicted molar refractivity (Wildman–Crippen MR) is 192 cm³/mol. The lowest BCUT2D eigenvalue weighted by Gasteiger charge is -2.26. The van der Waals surface area contributed by atoms with E-state index in [1.807, 2.05) is 0 Å². The van der Waals surface area contributed by atoms with E-state index >= 15 is 0 Å². The van der Waals surface area contributed by atoms with Gasteiger partial charge in [-0.05, 0) is 104 Å². The Morgan fingerprint density at radius 3 is 1.87 bits per heavy atom. The SMILES string of the molecule is CC1(C)c2ccc(-c3cc(Cl)cc(N(c4ccccc4)c4ccc(-c5ccccc5)cc4)c3)cc2-c2c1ccc1ccccc21. The van der Waals surface area contributed by atoms with Gasteiger partial charge in [-0.2, -0.15) is 0 Å². The van der Waals surface area contributed by atoms with Crippen LogP contribution in [0.4, 0.5) is 17.1 Å². The average molecular weight is 598 g/mol. The zero-order valence-corrected chi connectivity index (χ0v) is 26.1. The lowest BCUT2D eigenvalue weighted by Crippen LogP contribution is -2.14. The predicted octanol–water partition coefficient (Wildman–Crippen LogP) is 12.6. The zero-order chi connectivity index (χ0) is 30.5. The van der Waals surface area contributed by atoms with Crippen LogP contribution < -0.4 is 4.90 Å². The van der Waals surface area contributed by atoms with Gasteiger partial charge in [0.05, 0.1) is 0 Å². The minimum Gasteiger partial charge on any atom is -0.310 e. The van der Waals surface area contributed by atoms with E-state index in [2.05, 4.69) is 176 Å². The third kappa shape index (κ3) is 4.72. The number of halogens is 1. The van der Waals surface area contributed by atoms with Crippen LogP contribution in [0, 0.1) is 0 Å². The fourth-order valence-corrected chi connectivity index (χ4v) is 7.26. The van der Waals surface area contributed by atoms with Crippen LogP contribution in [0.15, 0.2) is 158 Å². The van der Waals surface area contributed by atoms with Crippen molar-refractivity contribution in [3.8, 4) is 33.4 Å². The minimum absolute atomic E-state index is 0.0667. The van der Waals surface area contributed by atoms with Crippen molar-refractivity contribution in [2.45, 2.75) is 19.3 Å². The van der Waals surface area contributed by atoms with E-state index in [1.165, 1.54) is 44.2 Å². The summed E-state index contributed by atoms with van der Waals surface area (Å²) in [6, 6.07) is 56.4. The highest BCUT2D eigenvalue weighted by Gasteiger charge is 2.36. The number of para-hydroxylation sites is 1. The fourth-order valence-electron chi connectivity index (χ4n) is 7.03. The Hall–Kier alpha value is -5.11. The summed E-state index contributed by atoms with van der Waals surface area (Å²) in [5.41, 5.74) is 13.1. The Balaban J connectivity index is 1.26. The van der Waals surface area contributed by atoms with Crippen LogP contribution in [0.1, 0.15) is 25.0 Å². The number of nitrogens with zero attached hydrogens (tertiary/aromatic N) is 1. The maximum Gasteiger partial charge on any atom is 0.0482 e. The second-order valence-electron chi connectivity index (χ2n) is 12.4. The van der Waals surface area contributed by atoms with E-state index in [9.17, 15) is 0 Å². The van der Waals surface area contributed by atoms with Gasteiger partial charge in [-0.1, -0.05) is 135 Å². The van der Waals surface area contributed by atoms with Gasteiger partial charge in [0, 0.05) is 27.5 Å². The molecule has 0 N–H and O–H groups in total. The Bertz CT molecular complexity index is 2180. The van der Waals surface area contributed by atoms with Gasteiger partial charge in [-0.25, -0.2) is 0 Å². The number of benzene rings is 7. The molecule has 0 fully saturated rings. The summed E-state index contributed by atoms with van der Waals surface area (Å²) < 4.78 is 0. The highest BCUT2D eigenvalue weighted by atomic mass is 35.5. The van der Waals surface area contributed by atoms with Crippen LogP contribution in [0.25, 0.3) is 44.2 Å². The second-order valence-corrected chi connectivity index (χ2v) is 12.8. The van der Waals surface area contributed by atoms with Crippen LogP contribution in [0.3, 0.4) is 0 Å². The number of anilines is 3. The molecule has 0 heterocycles. The quantitative estimate of drug-likeness (QED) is 0.191. The maximum atomic E-state index is 6.92. The third-order valence-electron chi connectivity index (χ3n) is 9.29. The number of hydrogen-bond donors (Lipinski definition) is 0. The lowest BCUT2D eigenvalue weighted by atomic mass is 9.82. The molecule has 7 aromatic carbocycles. The summed E-state index contributed by atoms with van der Waals surface area (Å²) in [7, 11) is 0. The molecule has 8 rings (SSSR count). The molecule has 0 unspecified atom stereocenters. The molecule has 2 heteroatoms. The molecule has 0 bridgehead atoms. The molecule has 0 atom stereocenters. The monoisotopic (exact) mass is 597 g/mol. The minimum atomic E-state index is -0.0667. The second kappa shape index (κ2) is 10.8. The first-order valence-corrected chi connectivity index (χ1v) is 15.8. The number of rotatable bonds is 5. The maximum absolute atomic E-state index is 6.92. The summed E-state index contributed by atoms with van der Waals surface area (Å²) in [6.45, 7) is 4.68. The molecule has 0 radical (unpaired) electrons. The van der Waals surface area contributed by atoms with Crippen molar-refractivity contribution in [3.05, 3.63) is 174 Å². The van der Waals surface area contributed by atoms with Gasteiger partial charge >= 0.3 is 0 Å². The molecule has 1 aliphatic carbocycles. The van der Waals surface area contributed by atoms with E-state index in [0.29, 0.717) is 5.02 Å². The lowest BCUT2D eigenvalue weighted by molar-refractivity contribution is 0.661. The molecular weight excluding hydrogens is 566 g/mol. The molecule has 1 nitrogen and oxygen atoms in total. The van der Waals surface area contributed by atoms with Gasteiger partial charge in [-0.3, -0.25) is 0 Å². The first kappa shape index (κ1) is 27.4. The van der Waals surface area contributed by atoms with Crippen molar-refractivity contribution in [1.82, 2.24) is 0 Å². The molecule has 1 aliphatic rings. The standard InChI is InChI=1S/C43H32ClN/c1-43(2)40-23-20-32(27-39(40)42-38-16-10-9-13-31(38)19-24-41(42)43)33-25-34(44)28-37(26-33)45(35-14-7-4-8-15-35)36-21-17-30(18-22-36)29-11-5-3-6-12-29/h3-28H,1-2H3. The van der Waals surface area contributed by atoms with Gasteiger partial charge in [-0.15, -0.1) is 0 Å². The fraction of sp³-hybridized carbons (Fsp3) is 0.0698. The highest BCUT2D eigenvalue weighted by molar-refractivity contribution is 6.31. The van der Waals surface area contributed by atoms with Crippen molar-refractivity contribution >= 4 is 39.4 Å². The van der Waals surface area contributed by atoms with Crippen molar-refractivity contribution in [3.63, 3.8) is 0 Å². The van der Waals surface area contributed by atoms with E-state index in [0.717, 1.165) is 28.2 Å². The van der Waals surface area contributed by atoms with E-state index in [-0.39, 0.29) is 5.41 Å². The van der Waals surface area contributed by atoms with E-state index in [4.69, 9.17) is 11.6 Å². The highest BCUT2D eigenvalue weighted by Crippen LogP contribution is 2.52. The molecule has 7 aromatic rings. The molecule has 0 saturated heterocycles. The Labute approximate surface area is 270 Å². The smallest absolute Gasteiger partial charge is 0.0482 e. The molecule has 0 saturated carbocycles. The molecule has 0 aromatic heterocycles. The summed E-state index contributed by atoms with van der Waals surface area (Å²) >= 11 is 6.92. The topological polar surface area (TPSA) is 3.24 Å². The van der Waals surface area contributed by atoms with Crippen LogP contribution >= 0.6 is 11.6 Å². The zero-order valence-electron chi connectivity index (χ0n) is 25.3. The molecule has 45 heavy (non-hydrogen) atoms. The first-order chi connectivity index (χ1) is 22.0. The molecule has 0 spiro atoms. The summed E-state index contributed by atoms with van der Waals surface area (Å²) in [5, 5.41) is 3.28. The summed E-state index contributed by atoms with van der Waals surface area (Å²) in [6.07, 6.45) is 0. The Morgan fingerprint density at radius 1 is 0.467 bits per heavy atom. The molecule has 216 valence electrons. The van der Waals surface area contributed by atoms with Gasteiger partial charge in [0.2, 0.25) is 0 Å². The number of fused-ring (bicyclic) bond motifs is 5. The van der Waals surface area contributed by atoms with E-state index < -0.39 is 0 Å². The van der Waals surface area contributed by atoms with Crippen LogP contribution in [0.2, 0.25) is 5.02 Å². The van der Waals surface area contributed by atoms with Crippen molar-refractivity contribution < 1.29 is 0 Å². The van der Waals surface area contributed by atoms with Gasteiger partial charge in [0.25, 0.3) is 0 Å². The molecule has 0 amide bonds. The average Bonchev–Trinajstić information content (AvgIpc) is 3.32. The van der Waals surface area contributed by atoms with Gasteiger partial charge < -0.3 is 4.90 Å². The van der Waals surface area contributed by atoms with Crippen molar-refractivity contribution in [1.29, 1.82) is 0 Å². The number of hydrogen-bond acceptors (Lipinski definition) is 1. The van der Waals surface area contributed by atoms with Crippen LogP contribution in [-0.2, 0) is 5.41 Å².